The topological polar surface area (TPSA) is 35.6 Å². The number of amides is 1. The number of fused-ring (bicyclic) bond motifs is 1. The summed E-state index contributed by atoms with van der Waals surface area (Å²) >= 11 is 0. The molecule has 2 aromatic rings. The molecule has 1 fully saturated rings. The number of hydrogen-bond donors (Lipinski definition) is 1. The van der Waals surface area contributed by atoms with Gasteiger partial charge >= 0.3 is 0 Å². The lowest BCUT2D eigenvalue weighted by Crippen LogP contribution is -2.51. The summed E-state index contributed by atoms with van der Waals surface area (Å²) in [5, 5.41) is 3.85. The van der Waals surface area contributed by atoms with Gasteiger partial charge in [0.1, 0.15) is 0 Å². The van der Waals surface area contributed by atoms with Crippen molar-refractivity contribution >= 4 is 22.9 Å². The van der Waals surface area contributed by atoms with Crippen LogP contribution < -0.4 is 10.2 Å². The van der Waals surface area contributed by atoms with E-state index in [2.05, 4.69) is 96.7 Å². The first-order chi connectivity index (χ1) is 16.5. The van der Waals surface area contributed by atoms with Gasteiger partial charge in [0.25, 0.3) is 0 Å². The van der Waals surface area contributed by atoms with Gasteiger partial charge in [-0.3, -0.25) is 4.79 Å². The Morgan fingerprint density at radius 3 is 2.50 bits per heavy atom. The number of rotatable bonds is 6. The molecule has 0 radical (unpaired) electrons. The number of carbonyl (C=O) groups is 1. The minimum absolute atomic E-state index is 0.151. The Morgan fingerprint density at radius 2 is 1.85 bits per heavy atom. The van der Waals surface area contributed by atoms with Crippen LogP contribution in [0.15, 0.2) is 66.4 Å². The van der Waals surface area contributed by atoms with Gasteiger partial charge in [-0.05, 0) is 73.1 Å². The van der Waals surface area contributed by atoms with Crippen molar-refractivity contribution in [2.24, 2.45) is 11.8 Å². The number of para-hydroxylation sites is 1. The smallest absolute Gasteiger partial charge is 0.224 e. The average Bonchev–Trinajstić information content (AvgIpc) is 3.70. The maximum Gasteiger partial charge on any atom is 0.224 e. The lowest BCUT2D eigenvalue weighted by Gasteiger charge is -2.46. The molecule has 3 aliphatic rings. The molecule has 1 saturated carbocycles. The van der Waals surface area contributed by atoms with Gasteiger partial charge in [-0.15, -0.1) is 0 Å². The van der Waals surface area contributed by atoms with Gasteiger partial charge in [0, 0.05) is 49.5 Å². The van der Waals surface area contributed by atoms with E-state index < -0.39 is 0 Å². The highest BCUT2D eigenvalue weighted by molar-refractivity contribution is 5.95. The SMILES string of the molecule is CCC1=CC(c2ccc3c(c2)C(Nc2ccccc2)C(C)C(C2CC2)N3C(C)=O)=CN(CC)C1. The van der Waals surface area contributed by atoms with Crippen molar-refractivity contribution in [3.63, 3.8) is 0 Å². The Balaban J connectivity index is 1.61. The van der Waals surface area contributed by atoms with E-state index in [-0.39, 0.29) is 18.0 Å². The van der Waals surface area contributed by atoms with E-state index in [4.69, 9.17) is 0 Å². The summed E-state index contributed by atoms with van der Waals surface area (Å²) in [5.41, 5.74) is 7.37. The molecule has 3 unspecified atom stereocenters. The van der Waals surface area contributed by atoms with Crippen LogP contribution in [0.3, 0.4) is 0 Å². The van der Waals surface area contributed by atoms with Crippen LogP contribution in [0.25, 0.3) is 5.57 Å². The van der Waals surface area contributed by atoms with E-state index in [0.29, 0.717) is 11.8 Å². The zero-order valence-electron chi connectivity index (χ0n) is 20.9. The summed E-state index contributed by atoms with van der Waals surface area (Å²) in [5.74, 6) is 1.06. The molecular formula is C30H37N3O. The molecule has 1 N–H and O–H groups in total. The number of benzene rings is 2. The average molecular weight is 456 g/mol. The molecule has 0 aromatic heterocycles. The molecule has 0 saturated heterocycles. The van der Waals surface area contributed by atoms with E-state index in [1.54, 1.807) is 6.92 Å². The van der Waals surface area contributed by atoms with Crippen LogP contribution in [0.1, 0.15) is 64.1 Å². The van der Waals surface area contributed by atoms with E-state index in [0.717, 1.165) is 30.9 Å². The van der Waals surface area contributed by atoms with E-state index in [1.807, 2.05) is 0 Å². The third-order valence-electron chi connectivity index (χ3n) is 7.81. The summed E-state index contributed by atoms with van der Waals surface area (Å²) in [6.07, 6.45) is 8.15. The molecule has 0 bridgehead atoms. The number of anilines is 2. The van der Waals surface area contributed by atoms with Crippen LogP contribution in [-0.2, 0) is 4.79 Å². The Labute approximate surface area is 204 Å². The summed E-state index contributed by atoms with van der Waals surface area (Å²) in [4.78, 5) is 17.4. The normalized spacial score (nSPS) is 24.3. The summed E-state index contributed by atoms with van der Waals surface area (Å²) < 4.78 is 0. The summed E-state index contributed by atoms with van der Waals surface area (Å²) in [6.45, 7) is 10.5. The summed E-state index contributed by atoms with van der Waals surface area (Å²) in [6, 6.07) is 17.6. The third kappa shape index (κ3) is 4.26. The molecule has 34 heavy (non-hydrogen) atoms. The lowest BCUT2D eigenvalue weighted by atomic mass is 9.79. The van der Waals surface area contributed by atoms with Crippen LogP contribution in [0.2, 0.25) is 0 Å². The van der Waals surface area contributed by atoms with Crippen molar-refractivity contribution in [2.45, 2.75) is 59.0 Å². The van der Waals surface area contributed by atoms with Crippen molar-refractivity contribution in [1.29, 1.82) is 0 Å². The van der Waals surface area contributed by atoms with Crippen molar-refractivity contribution in [3.8, 4) is 0 Å². The molecule has 3 atom stereocenters. The van der Waals surface area contributed by atoms with Gasteiger partial charge in [0.05, 0.1) is 6.04 Å². The molecule has 1 aliphatic carbocycles. The number of hydrogen-bond acceptors (Lipinski definition) is 3. The van der Waals surface area contributed by atoms with Gasteiger partial charge < -0.3 is 15.1 Å². The van der Waals surface area contributed by atoms with Gasteiger partial charge in [-0.2, -0.15) is 0 Å². The predicted octanol–water partition coefficient (Wildman–Crippen LogP) is 6.63. The maximum absolute atomic E-state index is 12.9. The third-order valence-corrected chi connectivity index (χ3v) is 7.81. The van der Waals surface area contributed by atoms with Gasteiger partial charge in [-0.1, -0.05) is 49.8 Å². The van der Waals surface area contributed by atoms with Crippen LogP contribution in [0.4, 0.5) is 11.4 Å². The van der Waals surface area contributed by atoms with E-state index in [1.165, 1.54) is 35.1 Å². The van der Waals surface area contributed by atoms with Crippen molar-refractivity contribution in [2.75, 3.05) is 23.3 Å². The Bertz CT molecular complexity index is 1120. The maximum atomic E-state index is 12.9. The zero-order valence-corrected chi connectivity index (χ0v) is 20.9. The molecule has 4 nitrogen and oxygen atoms in total. The molecule has 2 aromatic carbocycles. The van der Waals surface area contributed by atoms with E-state index >= 15 is 0 Å². The van der Waals surface area contributed by atoms with Crippen molar-refractivity contribution in [1.82, 2.24) is 4.90 Å². The number of carbonyl (C=O) groups excluding carboxylic acids is 1. The first-order valence-electron chi connectivity index (χ1n) is 12.9. The minimum atomic E-state index is 0.151. The largest absolute Gasteiger partial charge is 0.378 e. The number of nitrogens with zero attached hydrogens (tertiary/aromatic N) is 2. The fourth-order valence-electron chi connectivity index (χ4n) is 5.84. The zero-order chi connectivity index (χ0) is 23.8. The fraction of sp³-hybridized carbons (Fsp3) is 0.433. The molecule has 178 valence electrons. The molecule has 2 heterocycles. The fourth-order valence-corrected chi connectivity index (χ4v) is 5.84. The molecule has 2 aliphatic heterocycles. The van der Waals surface area contributed by atoms with Gasteiger partial charge in [0.2, 0.25) is 5.91 Å². The molecule has 5 rings (SSSR count). The predicted molar refractivity (Wildman–Crippen MR) is 142 cm³/mol. The monoisotopic (exact) mass is 455 g/mol. The molecule has 4 heteroatoms. The van der Waals surface area contributed by atoms with Crippen LogP contribution >= 0.6 is 0 Å². The highest BCUT2D eigenvalue weighted by Gasteiger charge is 2.47. The second-order valence-electron chi connectivity index (χ2n) is 10.1. The van der Waals surface area contributed by atoms with Crippen LogP contribution in [0, 0.1) is 11.8 Å². The van der Waals surface area contributed by atoms with Gasteiger partial charge in [-0.25, -0.2) is 0 Å². The minimum Gasteiger partial charge on any atom is -0.378 e. The standard InChI is InChI=1S/C30H37N3O/c1-5-22-16-25(19-32(6-2)18-22)24-14-15-28-27(17-24)29(31-26-10-8-7-9-11-26)20(3)30(23-12-13-23)33(28)21(4)34/h7-11,14-17,19-20,23,29-31H,5-6,12-13,18H2,1-4H3. The van der Waals surface area contributed by atoms with Crippen molar-refractivity contribution < 1.29 is 4.79 Å². The molecular weight excluding hydrogens is 418 g/mol. The quantitative estimate of drug-likeness (QED) is 0.531. The second-order valence-corrected chi connectivity index (χ2v) is 10.1. The Hall–Kier alpha value is -3.01. The van der Waals surface area contributed by atoms with Gasteiger partial charge in [0.15, 0.2) is 0 Å². The first-order valence-corrected chi connectivity index (χ1v) is 12.9. The number of nitrogens with one attached hydrogen (secondary N) is 1. The Morgan fingerprint density at radius 1 is 1.09 bits per heavy atom. The van der Waals surface area contributed by atoms with Crippen LogP contribution in [-0.4, -0.2) is 29.9 Å². The first kappa shape index (κ1) is 22.8. The highest BCUT2D eigenvalue weighted by atomic mass is 16.2. The van der Waals surface area contributed by atoms with Crippen LogP contribution in [0.5, 0.6) is 0 Å². The highest BCUT2D eigenvalue weighted by Crippen LogP contribution is 2.50. The lowest BCUT2D eigenvalue weighted by molar-refractivity contribution is -0.117. The second kappa shape index (κ2) is 9.32. The Kier molecular flexibility index (Phi) is 6.24. The molecule has 1 amide bonds. The number of likely N-dealkylation sites (N-methyl/N-ethyl adjacent to an activating group) is 1. The van der Waals surface area contributed by atoms with Crippen molar-refractivity contribution in [3.05, 3.63) is 77.5 Å². The summed E-state index contributed by atoms with van der Waals surface area (Å²) in [7, 11) is 0. The number of allylic oxidation sites excluding steroid dienone is 2. The molecule has 0 spiro atoms. The van der Waals surface area contributed by atoms with E-state index in [9.17, 15) is 4.79 Å².